The number of carbonyl (C=O) groups is 2. The van der Waals surface area contributed by atoms with E-state index in [4.69, 9.17) is 11.6 Å². The van der Waals surface area contributed by atoms with E-state index in [1.807, 2.05) is 0 Å². The Morgan fingerprint density at radius 1 is 1.31 bits per heavy atom. The first-order valence-corrected chi connectivity index (χ1v) is 7.88. The normalized spacial score (nSPS) is 11.3. The van der Waals surface area contributed by atoms with Crippen molar-refractivity contribution in [2.45, 2.75) is 19.3 Å². The van der Waals surface area contributed by atoms with Crippen molar-refractivity contribution < 1.29 is 22.8 Å². The molecule has 1 N–H and O–H groups in total. The summed E-state index contributed by atoms with van der Waals surface area (Å²) in [6.45, 7) is -1.63. The minimum Gasteiger partial charge on any atom is -0.343 e. The van der Waals surface area contributed by atoms with Crippen molar-refractivity contribution in [2.24, 2.45) is 0 Å². The first kappa shape index (κ1) is 19.8. The summed E-state index contributed by atoms with van der Waals surface area (Å²) in [6, 6.07) is 6.36. The molecule has 1 heterocycles. The number of imidazole rings is 1. The third-order valence-electron chi connectivity index (χ3n) is 3.47. The zero-order valence-corrected chi connectivity index (χ0v) is 14.5. The third kappa shape index (κ3) is 5.48. The number of halogens is 4. The fraction of sp³-hybridized carbons (Fsp3) is 0.312. The molecule has 6 nitrogen and oxygen atoms in total. The average molecular weight is 389 g/mol. The Morgan fingerprint density at radius 3 is 2.65 bits per heavy atom. The fourth-order valence-corrected chi connectivity index (χ4v) is 2.38. The van der Waals surface area contributed by atoms with Gasteiger partial charge in [0, 0.05) is 19.4 Å². The van der Waals surface area contributed by atoms with Gasteiger partial charge in [0.1, 0.15) is 12.4 Å². The number of nitrogens with one attached hydrogen (secondary N) is 1. The molecule has 0 radical (unpaired) electrons. The summed E-state index contributed by atoms with van der Waals surface area (Å²) in [4.78, 5) is 29.1. The number of alkyl halides is 3. The SMILES string of the molecule is CN(Cc1nccn1CC(F)(F)F)C(=O)CNC(=O)c1ccccc1Cl. The van der Waals surface area contributed by atoms with Crippen molar-refractivity contribution in [3.8, 4) is 0 Å². The van der Waals surface area contributed by atoms with E-state index in [0.717, 1.165) is 4.57 Å². The van der Waals surface area contributed by atoms with Crippen molar-refractivity contribution in [3.05, 3.63) is 53.1 Å². The first-order chi connectivity index (χ1) is 12.2. The lowest BCUT2D eigenvalue weighted by atomic mass is 10.2. The molecule has 0 saturated carbocycles. The molecular weight excluding hydrogens is 373 g/mol. The Balaban J connectivity index is 1.91. The van der Waals surface area contributed by atoms with Gasteiger partial charge in [0.05, 0.1) is 23.7 Å². The molecular formula is C16H16ClF3N4O2. The van der Waals surface area contributed by atoms with Gasteiger partial charge in [-0.3, -0.25) is 9.59 Å². The molecule has 2 amide bonds. The van der Waals surface area contributed by atoms with E-state index in [1.54, 1.807) is 18.2 Å². The van der Waals surface area contributed by atoms with Crippen molar-refractivity contribution >= 4 is 23.4 Å². The number of hydrogen-bond donors (Lipinski definition) is 1. The molecule has 140 valence electrons. The summed E-state index contributed by atoms with van der Waals surface area (Å²) in [6.07, 6.45) is -1.96. The standard InChI is InChI=1S/C16H16ClF3N4O2/c1-23(9-13-21-6-7-24(13)10-16(18,19)20)14(25)8-22-15(26)11-4-2-3-5-12(11)17/h2-7H,8-10H2,1H3,(H,22,26). The van der Waals surface area contributed by atoms with Crippen LogP contribution in [0.4, 0.5) is 13.2 Å². The highest BCUT2D eigenvalue weighted by atomic mass is 35.5. The topological polar surface area (TPSA) is 67.2 Å². The van der Waals surface area contributed by atoms with E-state index < -0.39 is 24.5 Å². The molecule has 0 saturated heterocycles. The molecule has 1 aromatic carbocycles. The van der Waals surface area contributed by atoms with Crippen LogP contribution in [0.25, 0.3) is 0 Å². The zero-order chi connectivity index (χ0) is 19.3. The van der Waals surface area contributed by atoms with Crippen LogP contribution in [0.1, 0.15) is 16.2 Å². The van der Waals surface area contributed by atoms with E-state index in [-0.39, 0.29) is 29.5 Å². The number of rotatable bonds is 6. The Morgan fingerprint density at radius 2 is 2.00 bits per heavy atom. The Hall–Kier alpha value is -2.55. The van der Waals surface area contributed by atoms with Crippen LogP contribution in [-0.2, 0) is 17.9 Å². The van der Waals surface area contributed by atoms with Crippen LogP contribution in [0.2, 0.25) is 5.02 Å². The summed E-state index contributed by atoms with van der Waals surface area (Å²) in [5, 5.41) is 2.68. The molecule has 0 aliphatic carbocycles. The van der Waals surface area contributed by atoms with E-state index in [2.05, 4.69) is 10.3 Å². The Bertz CT molecular complexity index is 792. The number of likely N-dealkylation sites (N-methyl/N-ethyl adjacent to an activating group) is 1. The van der Waals surface area contributed by atoms with Gasteiger partial charge in [-0.1, -0.05) is 23.7 Å². The number of amides is 2. The van der Waals surface area contributed by atoms with E-state index in [0.29, 0.717) is 0 Å². The first-order valence-electron chi connectivity index (χ1n) is 7.51. The lowest BCUT2D eigenvalue weighted by Gasteiger charge is -2.18. The number of aromatic nitrogens is 2. The van der Waals surface area contributed by atoms with Gasteiger partial charge in [0.2, 0.25) is 5.91 Å². The second-order valence-electron chi connectivity index (χ2n) is 5.50. The molecule has 0 unspecified atom stereocenters. The molecule has 26 heavy (non-hydrogen) atoms. The van der Waals surface area contributed by atoms with Crippen LogP contribution in [0.3, 0.4) is 0 Å². The van der Waals surface area contributed by atoms with Gasteiger partial charge in [0.25, 0.3) is 5.91 Å². The van der Waals surface area contributed by atoms with E-state index >= 15 is 0 Å². The number of hydrogen-bond acceptors (Lipinski definition) is 3. The smallest absolute Gasteiger partial charge is 0.343 e. The summed E-state index contributed by atoms with van der Waals surface area (Å²) in [5.41, 5.74) is 0.227. The minimum atomic E-state index is -4.39. The van der Waals surface area contributed by atoms with Crippen LogP contribution >= 0.6 is 11.6 Å². The maximum absolute atomic E-state index is 12.5. The highest BCUT2D eigenvalue weighted by Crippen LogP contribution is 2.18. The van der Waals surface area contributed by atoms with Crippen molar-refractivity contribution in [1.82, 2.24) is 19.8 Å². The lowest BCUT2D eigenvalue weighted by Crippen LogP contribution is -2.38. The summed E-state index contributed by atoms with van der Waals surface area (Å²) in [7, 11) is 1.41. The molecule has 1 aromatic heterocycles. The minimum absolute atomic E-state index is 0.0932. The summed E-state index contributed by atoms with van der Waals surface area (Å²) >= 11 is 5.90. The van der Waals surface area contributed by atoms with Gasteiger partial charge in [-0.15, -0.1) is 0 Å². The zero-order valence-electron chi connectivity index (χ0n) is 13.8. The third-order valence-corrected chi connectivity index (χ3v) is 3.80. The molecule has 0 atom stereocenters. The molecule has 0 fully saturated rings. The molecule has 2 aromatic rings. The molecule has 0 aliphatic rings. The quantitative estimate of drug-likeness (QED) is 0.826. The highest BCUT2D eigenvalue weighted by molar-refractivity contribution is 6.33. The molecule has 0 spiro atoms. The summed E-state index contributed by atoms with van der Waals surface area (Å²) in [5.74, 6) is -0.904. The van der Waals surface area contributed by atoms with Crippen molar-refractivity contribution in [1.29, 1.82) is 0 Å². The largest absolute Gasteiger partial charge is 0.406 e. The number of carbonyl (C=O) groups excluding carboxylic acids is 2. The Kier molecular flexibility index (Phi) is 6.25. The number of nitrogens with zero attached hydrogens (tertiary/aromatic N) is 3. The predicted molar refractivity (Wildman–Crippen MR) is 88.5 cm³/mol. The van der Waals surface area contributed by atoms with Crippen LogP contribution in [-0.4, -0.2) is 46.0 Å². The lowest BCUT2D eigenvalue weighted by molar-refractivity contribution is -0.141. The van der Waals surface area contributed by atoms with Crippen LogP contribution < -0.4 is 5.32 Å². The second kappa shape index (κ2) is 8.22. The Labute approximate surface area is 152 Å². The molecule has 0 bridgehead atoms. The van der Waals surface area contributed by atoms with Gasteiger partial charge in [-0.2, -0.15) is 13.2 Å². The van der Waals surface area contributed by atoms with Gasteiger partial charge in [-0.05, 0) is 12.1 Å². The van der Waals surface area contributed by atoms with Crippen molar-refractivity contribution in [3.63, 3.8) is 0 Å². The van der Waals surface area contributed by atoms with E-state index in [9.17, 15) is 22.8 Å². The molecule has 0 aliphatic heterocycles. The van der Waals surface area contributed by atoms with Gasteiger partial charge in [-0.25, -0.2) is 4.98 Å². The molecule has 2 rings (SSSR count). The van der Waals surface area contributed by atoms with Crippen molar-refractivity contribution in [2.75, 3.05) is 13.6 Å². The van der Waals surface area contributed by atoms with Crippen LogP contribution in [0.15, 0.2) is 36.7 Å². The second-order valence-corrected chi connectivity index (χ2v) is 5.91. The van der Waals surface area contributed by atoms with Crippen LogP contribution in [0.5, 0.6) is 0 Å². The highest BCUT2D eigenvalue weighted by Gasteiger charge is 2.29. The van der Waals surface area contributed by atoms with Crippen LogP contribution in [0, 0.1) is 0 Å². The van der Waals surface area contributed by atoms with Gasteiger partial charge >= 0.3 is 6.18 Å². The number of benzene rings is 1. The van der Waals surface area contributed by atoms with Gasteiger partial charge in [0.15, 0.2) is 0 Å². The average Bonchev–Trinajstić information content (AvgIpc) is 2.97. The molecule has 10 heteroatoms. The van der Waals surface area contributed by atoms with Gasteiger partial charge < -0.3 is 14.8 Å². The monoisotopic (exact) mass is 388 g/mol. The van der Waals surface area contributed by atoms with E-state index in [1.165, 1.54) is 30.4 Å². The predicted octanol–water partition coefficient (Wildman–Crippen LogP) is 2.49. The maximum Gasteiger partial charge on any atom is 0.406 e. The fourth-order valence-electron chi connectivity index (χ4n) is 2.16. The maximum atomic E-state index is 12.5. The summed E-state index contributed by atoms with van der Waals surface area (Å²) < 4.78 is 38.5.